The second-order valence-electron chi connectivity index (χ2n) is 3.86. The largest absolute Gasteiger partial charge is 0.564 e. The fraction of sp³-hybridized carbons (Fsp3) is 0. The summed E-state index contributed by atoms with van der Waals surface area (Å²) >= 11 is 3.33. The van der Waals surface area contributed by atoms with Gasteiger partial charge in [0.1, 0.15) is 11.9 Å². The number of halogens is 1. The molecule has 0 fully saturated rings. The van der Waals surface area contributed by atoms with E-state index in [4.69, 9.17) is 15.3 Å². The third-order valence-electron chi connectivity index (χ3n) is 2.40. The number of nitrogens with two attached hydrogens (primary N) is 2. The predicted octanol–water partition coefficient (Wildman–Crippen LogP) is 1.94. The average molecular weight is 337 g/mol. The van der Waals surface area contributed by atoms with Crippen molar-refractivity contribution in [1.29, 1.82) is 0 Å². The molecule has 0 aliphatic carbocycles. The molecular formula is C14H13BrN2O3. The Kier molecular flexibility index (Phi) is 5.00. The van der Waals surface area contributed by atoms with Gasteiger partial charge in [0.2, 0.25) is 0 Å². The number of rotatable bonds is 4. The number of quaternary nitrogens is 1. The predicted molar refractivity (Wildman–Crippen MR) is 76.2 cm³/mol. The first kappa shape index (κ1) is 14.4. The Morgan fingerprint density at radius 3 is 2.40 bits per heavy atom. The summed E-state index contributed by atoms with van der Waals surface area (Å²) in [5, 5.41) is 0. The van der Waals surface area contributed by atoms with Crippen LogP contribution in [0.15, 0.2) is 59.1 Å². The zero-order valence-electron chi connectivity index (χ0n) is 10.5. The summed E-state index contributed by atoms with van der Waals surface area (Å²) < 4.78 is 5.89. The molecule has 0 spiro atoms. The molecule has 0 aliphatic rings. The van der Waals surface area contributed by atoms with Crippen LogP contribution in [0.25, 0.3) is 0 Å². The van der Waals surface area contributed by atoms with Crippen LogP contribution in [-0.4, -0.2) is 6.16 Å². The van der Waals surface area contributed by atoms with E-state index in [1.54, 1.807) is 24.3 Å². The quantitative estimate of drug-likeness (QED) is 0.387. The zero-order valence-corrected chi connectivity index (χ0v) is 12.0. The molecule has 0 saturated carbocycles. The number of carbonyl (C=O) groups excluding carboxylic acids is 1. The van der Waals surface area contributed by atoms with Crippen LogP contribution in [0.2, 0.25) is 0 Å². The van der Waals surface area contributed by atoms with Gasteiger partial charge in [0, 0.05) is 0 Å². The van der Waals surface area contributed by atoms with Gasteiger partial charge in [-0.05, 0) is 16.6 Å². The summed E-state index contributed by atoms with van der Waals surface area (Å²) in [6.45, 7) is 0. The van der Waals surface area contributed by atoms with E-state index in [1.165, 1.54) is 0 Å². The highest BCUT2D eigenvalue weighted by Gasteiger charge is 2.11. The van der Waals surface area contributed by atoms with Crippen molar-refractivity contribution >= 4 is 22.1 Å². The van der Waals surface area contributed by atoms with E-state index in [2.05, 4.69) is 15.9 Å². The summed E-state index contributed by atoms with van der Waals surface area (Å²) in [6.07, 6.45) is -0.501. The number of ether oxygens (including phenoxy) is 1. The molecule has 4 N–H and O–H groups in total. The van der Waals surface area contributed by atoms with E-state index in [9.17, 15) is 4.79 Å². The molecule has 0 aliphatic heterocycles. The summed E-state index contributed by atoms with van der Waals surface area (Å²) in [6, 6.07) is 16.0. The van der Waals surface area contributed by atoms with Gasteiger partial charge in [0.25, 0.3) is 0 Å². The van der Waals surface area contributed by atoms with Crippen LogP contribution < -0.4 is 16.0 Å². The number of para-hydroxylation sites is 1. The first-order chi connectivity index (χ1) is 9.65. The van der Waals surface area contributed by atoms with Crippen molar-refractivity contribution in [3.63, 3.8) is 0 Å². The van der Waals surface area contributed by atoms with Gasteiger partial charge in [-0.25, -0.2) is 4.84 Å². The number of hydroxylamine groups is 1. The minimum atomic E-state index is -0.837. The summed E-state index contributed by atoms with van der Waals surface area (Å²) in [5.74, 6) is 0.410. The number of hydrogen-bond donors (Lipinski definition) is 2. The van der Waals surface area contributed by atoms with Crippen LogP contribution in [0.3, 0.4) is 0 Å². The average Bonchev–Trinajstić information content (AvgIpc) is 2.46. The van der Waals surface area contributed by atoms with Crippen molar-refractivity contribution in [3.05, 3.63) is 70.8 Å². The Bertz CT molecular complexity index is 560. The summed E-state index contributed by atoms with van der Waals surface area (Å²) in [7, 11) is 0. The lowest BCUT2D eigenvalue weighted by molar-refractivity contribution is -0.858. The SMILES string of the molecule is N[C-]([NH2+]OC(=O)Oc1ccccc1)c1ccc(Br)cc1. The Morgan fingerprint density at radius 2 is 1.75 bits per heavy atom. The third kappa shape index (κ3) is 4.27. The van der Waals surface area contributed by atoms with E-state index >= 15 is 0 Å². The number of hydrogen-bond acceptors (Lipinski definition) is 4. The van der Waals surface area contributed by atoms with Gasteiger partial charge in [-0.3, -0.25) is 0 Å². The van der Waals surface area contributed by atoms with Crippen molar-refractivity contribution in [2.24, 2.45) is 5.73 Å². The van der Waals surface area contributed by atoms with E-state index < -0.39 is 6.16 Å². The van der Waals surface area contributed by atoms with Gasteiger partial charge in [-0.2, -0.15) is 22.4 Å². The minimum Gasteiger partial charge on any atom is -0.392 e. The van der Waals surface area contributed by atoms with Gasteiger partial charge >= 0.3 is 6.16 Å². The highest BCUT2D eigenvalue weighted by molar-refractivity contribution is 9.10. The molecule has 0 atom stereocenters. The maximum atomic E-state index is 11.5. The fourth-order valence-electron chi connectivity index (χ4n) is 1.43. The Hall–Kier alpha value is -2.02. The topological polar surface area (TPSA) is 78.2 Å². The van der Waals surface area contributed by atoms with Gasteiger partial charge in [-0.15, -0.1) is 17.7 Å². The molecule has 0 heterocycles. The van der Waals surface area contributed by atoms with Crippen LogP contribution in [0.5, 0.6) is 5.75 Å². The smallest absolute Gasteiger partial charge is 0.392 e. The maximum absolute atomic E-state index is 11.5. The highest BCUT2D eigenvalue weighted by Crippen LogP contribution is 2.12. The van der Waals surface area contributed by atoms with E-state index in [0.29, 0.717) is 11.9 Å². The molecule has 5 nitrogen and oxygen atoms in total. The molecule has 20 heavy (non-hydrogen) atoms. The lowest BCUT2D eigenvalue weighted by atomic mass is 10.2. The molecule has 6 heteroatoms. The van der Waals surface area contributed by atoms with E-state index in [-0.39, 0.29) is 0 Å². The standard InChI is InChI=1S/C14H13BrN2O3/c15-11-8-6-10(7-9-11)13(16)17-20-14(18)19-12-4-2-1-3-5-12/h1-9H,16-17H2. The summed E-state index contributed by atoms with van der Waals surface area (Å²) in [4.78, 5) is 16.3. The summed E-state index contributed by atoms with van der Waals surface area (Å²) in [5.41, 5.74) is 7.71. The molecule has 0 aromatic heterocycles. The van der Waals surface area contributed by atoms with Crippen LogP contribution in [0.1, 0.15) is 5.56 Å². The van der Waals surface area contributed by atoms with Crippen LogP contribution in [0, 0.1) is 6.17 Å². The third-order valence-corrected chi connectivity index (χ3v) is 2.93. The Labute approximate surface area is 124 Å². The molecular weight excluding hydrogens is 324 g/mol. The van der Waals surface area contributed by atoms with E-state index in [1.807, 2.05) is 30.3 Å². The van der Waals surface area contributed by atoms with Gasteiger partial charge < -0.3 is 10.5 Å². The van der Waals surface area contributed by atoms with Crippen LogP contribution in [-0.2, 0) is 4.84 Å². The first-order valence-electron chi connectivity index (χ1n) is 5.80. The lowest BCUT2D eigenvalue weighted by Crippen LogP contribution is -2.88. The molecule has 0 radical (unpaired) electrons. The first-order valence-corrected chi connectivity index (χ1v) is 6.59. The molecule has 0 saturated heterocycles. The Morgan fingerprint density at radius 1 is 1.10 bits per heavy atom. The van der Waals surface area contributed by atoms with Crippen molar-refractivity contribution in [3.8, 4) is 5.75 Å². The van der Waals surface area contributed by atoms with E-state index in [0.717, 1.165) is 15.5 Å². The van der Waals surface area contributed by atoms with Gasteiger partial charge in [-0.1, -0.05) is 34.1 Å². The zero-order chi connectivity index (χ0) is 14.4. The lowest BCUT2D eigenvalue weighted by Gasteiger charge is -2.15. The van der Waals surface area contributed by atoms with Crippen molar-refractivity contribution < 1.29 is 19.8 Å². The molecule has 2 aromatic carbocycles. The molecule has 2 aromatic rings. The monoisotopic (exact) mass is 336 g/mol. The van der Waals surface area contributed by atoms with Crippen LogP contribution >= 0.6 is 15.9 Å². The van der Waals surface area contributed by atoms with Gasteiger partial charge in [0.15, 0.2) is 0 Å². The Balaban J connectivity index is 1.82. The number of benzene rings is 2. The number of carbonyl (C=O) groups is 1. The fourth-order valence-corrected chi connectivity index (χ4v) is 1.70. The molecule has 0 unspecified atom stereocenters. The molecule has 0 amide bonds. The highest BCUT2D eigenvalue weighted by atomic mass is 79.9. The van der Waals surface area contributed by atoms with Crippen molar-refractivity contribution in [2.75, 3.05) is 0 Å². The molecule has 2 rings (SSSR count). The van der Waals surface area contributed by atoms with Crippen LogP contribution in [0.4, 0.5) is 4.79 Å². The minimum absolute atomic E-state index is 0.336. The maximum Gasteiger partial charge on any atom is 0.564 e. The van der Waals surface area contributed by atoms with Crippen molar-refractivity contribution in [1.82, 2.24) is 0 Å². The van der Waals surface area contributed by atoms with Gasteiger partial charge in [0.05, 0.1) is 0 Å². The molecule has 0 bridgehead atoms. The second kappa shape index (κ2) is 6.95. The van der Waals surface area contributed by atoms with Crippen molar-refractivity contribution in [2.45, 2.75) is 0 Å². The normalized spacial score (nSPS) is 9.90. The molecule has 104 valence electrons. The second-order valence-corrected chi connectivity index (χ2v) is 4.78.